The number of amides is 1. The highest BCUT2D eigenvalue weighted by Gasteiger charge is 2.40. The topological polar surface area (TPSA) is 102 Å². The van der Waals surface area contributed by atoms with E-state index in [1.165, 1.54) is 11.8 Å². The zero-order chi connectivity index (χ0) is 18.7. The first kappa shape index (κ1) is 19.8. The molecule has 2 fully saturated rings. The van der Waals surface area contributed by atoms with Gasteiger partial charge in [-0.3, -0.25) is 4.79 Å². The Kier molecular flexibility index (Phi) is 6.53. The number of nitrogens with one attached hydrogen (secondary N) is 2. The third kappa shape index (κ3) is 4.19. The first-order valence-corrected chi connectivity index (χ1v) is 9.40. The summed E-state index contributed by atoms with van der Waals surface area (Å²) in [6, 6.07) is -0.229. The number of carboxylic acids is 1. The van der Waals surface area contributed by atoms with Crippen LogP contribution < -0.4 is 10.6 Å². The number of likely N-dealkylation sites (tertiary alicyclic amines) is 1. The molecule has 0 aromatic rings. The largest absolute Gasteiger partial charge is 0.477 e. The van der Waals surface area contributed by atoms with Crippen molar-refractivity contribution in [1.29, 1.82) is 0 Å². The molecule has 2 aliphatic heterocycles. The maximum atomic E-state index is 11.9. The molecular formula is C17H27N3O4S. The van der Waals surface area contributed by atoms with Crippen LogP contribution in [-0.2, 0) is 9.59 Å². The molecule has 7 nitrogen and oxygen atoms in total. The quantitative estimate of drug-likeness (QED) is 0.491. The first-order chi connectivity index (χ1) is 11.8. The summed E-state index contributed by atoms with van der Waals surface area (Å²) in [6.45, 7) is 8.68. The van der Waals surface area contributed by atoms with Crippen molar-refractivity contribution in [3.05, 3.63) is 22.9 Å². The number of aliphatic hydroxyl groups is 1. The van der Waals surface area contributed by atoms with Crippen molar-refractivity contribution >= 4 is 23.6 Å². The van der Waals surface area contributed by atoms with Gasteiger partial charge in [0.05, 0.1) is 12.1 Å². The van der Waals surface area contributed by atoms with Gasteiger partial charge in [-0.05, 0) is 19.8 Å². The maximum absolute atomic E-state index is 11.9. The second-order valence-electron chi connectivity index (χ2n) is 6.43. The van der Waals surface area contributed by atoms with Crippen LogP contribution >= 0.6 is 11.8 Å². The smallest absolute Gasteiger partial charge is 0.353 e. The molecule has 0 spiro atoms. The molecule has 8 heteroatoms. The van der Waals surface area contributed by atoms with E-state index in [1.54, 1.807) is 18.9 Å². The normalized spacial score (nSPS) is 28.2. The molecule has 0 bridgehead atoms. The lowest BCUT2D eigenvalue weighted by Gasteiger charge is -2.45. The highest BCUT2D eigenvalue weighted by Crippen LogP contribution is 2.39. The zero-order valence-corrected chi connectivity index (χ0v) is 15.7. The number of thioether (sulfide) groups is 1. The van der Waals surface area contributed by atoms with Gasteiger partial charge in [0.2, 0.25) is 5.91 Å². The third-order valence-corrected chi connectivity index (χ3v) is 6.22. The van der Waals surface area contributed by atoms with Crippen LogP contribution in [0.5, 0.6) is 0 Å². The predicted octanol–water partition coefficient (Wildman–Crippen LogP) is 0.729. The van der Waals surface area contributed by atoms with E-state index >= 15 is 0 Å². The van der Waals surface area contributed by atoms with Crippen molar-refractivity contribution in [1.82, 2.24) is 15.5 Å². The minimum absolute atomic E-state index is 0.0421. The fraction of sp³-hybridized carbons (Fsp3) is 0.647. The van der Waals surface area contributed by atoms with Crippen LogP contribution in [0.25, 0.3) is 0 Å². The number of carboxylic acid groups (broad SMARTS) is 1. The maximum Gasteiger partial charge on any atom is 0.353 e. The van der Waals surface area contributed by atoms with Gasteiger partial charge in [-0.25, -0.2) is 4.79 Å². The molecule has 1 amide bonds. The Hall–Kier alpha value is -1.51. The van der Waals surface area contributed by atoms with E-state index in [0.717, 1.165) is 4.91 Å². The van der Waals surface area contributed by atoms with E-state index in [-0.39, 0.29) is 28.8 Å². The number of hydrogen-bond acceptors (Lipinski definition) is 6. The van der Waals surface area contributed by atoms with Gasteiger partial charge in [0.25, 0.3) is 0 Å². The number of carbonyl (C=O) groups excluding carboxylic acids is 1. The summed E-state index contributed by atoms with van der Waals surface area (Å²) < 4.78 is 0. The number of nitrogens with zero attached hydrogens (tertiary/aromatic N) is 1. The number of likely N-dealkylation sites (N-methyl/N-ethyl adjacent to an activating group) is 1. The Bertz CT molecular complexity index is 590. The van der Waals surface area contributed by atoms with Crippen molar-refractivity contribution in [3.8, 4) is 0 Å². The Morgan fingerprint density at radius 1 is 1.52 bits per heavy atom. The molecule has 0 aliphatic carbocycles. The van der Waals surface area contributed by atoms with Crippen molar-refractivity contribution in [2.45, 2.75) is 44.1 Å². The molecule has 0 saturated carbocycles. The van der Waals surface area contributed by atoms with Gasteiger partial charge in [0, 0.05) is 41.9 Å². The Morgan fingerprint density at radius 2 is 2.20 bits per heavy atom. The lowest BCUT2D eigenvalue weighted by atomic mass is 9.90. The number of carbonyl (C=O) groups is 2. The van der Waals surface area contributed by atoms with Gasteiger partial charge in [-0.2, -0.15) is 0 Å². The molecule has 2 heterocycles. The van der Waals surface area contributed by atoms with Crippen LogP contribution in [0.2, 0.25) is 0 Å². The Morgan fingerprint density at radius 3 is 2.68 bits per heavy atom. The SMILES string of the molecule is C=C1[C@H]([C@@H](C)O)CN1/C(C(=O)O)=C(\CC)SC1CNC(C(=O)NC)C1. The molecule has 0 aromatic heterocycles. The number of aliphatic carboxylic acids is 1. The van der Waals surface area contributed by atoms with Crippen LogP contribution in [0.3, 0.4) is 0 Å². The summed E-state index contributed by atoms with van der Waals surface area (Å²) in [4.78, 5) is 26.0. The van der Waals surface area contributed by atoms with Crippen molar-refractivity contribution in [2.24, 2.45) is 5.92 Å². The molecule has 4 N–H and O–H groups in total. The van der Waals surface area contributed by atoms with E-state index in [1.807, 2.05) is 6.92 Å². The monoisotopic (exact) mass is 369 g/mol. The van der Waals surface area contributed by atoms with Crippen LogP contribution in [0.4, 0.5) is 0 Å². The van der Waals surface area contributed by atoms with Crippen LogP contribution in [0.1, 0.15) is 26.7 Å². The van der Waals surface area contributed by atoms with E-state index in [4.69, 9.17) is 0 Å². The predicted molar refractivity (Wildman–Crippen MR) is 97.8 cm³/mol. The number of rotatable bonds is 7. The lowest BCUT2D eigenvalue weighted by molar-refractivity contribution is -0.135. The number of allylic oxidation sites excluding steroid dienone is 1. The number of hydrogen-bond donors (Lipinski definition) is 4. The van der Waals surface area contributed by atoms with Gasteiger partial charge in [0.15, 0.2) is 0 Å². The molecule has 4 atom stereocenters. The summed E-state index contributed by atoms with van der Waals surface area (Å²) in [5.41, 5.74) is 0.893. The number of aliphatic hydroxyl groups excluding tert-OH is 1. The average Bonchev–Trinajstić information content (AvgIpc) is 3.03. The molecule has 0 radical (unpaired) electrons. The Balaban J connectivity index is 2.13. The molecule has 2 saturated heterocycles. The second kappa shape index (κ2) is 8.25. The van der Waals surface area contributed by atoms with E-state index in [9.17, 15) is 19.8 Å². The summed E-state index contributed by atoms with van der Waals surface area (Å²) in [5, 5.41) is 25.4. The van der Waals surface area contributed by atoms with Crippen molar-refractivity contribution in [3.63, 3.8) is 0 Å². The first-order valence-electron chi connectivity index (χ1n) is 8.52. The van der Waals surface area contributed by atoms with E-state index < -0.39 is 12.1 Å². The van der Waals surface area contributed by atoms with Gasteiger partial charge >= 0.3 is 5.97 Å². The standard InChI is InChI=1S/C17H27N3O4S/c1-5-14(25-11-6-13(19-7-11)16(22)18-4)15(17(23)24)20-8-12(9(20)2)10(3)21/h10-13,19,21H,2,5-8H2,1,3-4H3,(H,18,22)(H,23,24)/b15-14+/t10-,11?,12-,13?/m1/s1. The van der Waals surface area contributed by atoms with Gasteiger partial charge in [-0.15, -0.1) is 11.8 Å². The van der Waals surface area contributed by atoms with Gasteiger partial charge < -0.3 is 25.7 Å². The molecule has 2 unspecified atom stereocenters. The molecular weight excluding hydrogens is 342 g/mol. The molecule has 0 aromatic carbocycles. The van der Waals surface area contributed by atoms with Gasteiger partial charge in [-0.1, -0.05) is 13.5 Å². The highest BCUT2D eigenvalue weighted by molar-refractivity contribution is 8.03. The molecule has 2 rings (SSSR count). The zero-order valence-electron chi connectivity index (χ0n) is 14.9. The summed E-state index contributed by atoms with van der Waals surface area (Å²) in [5.74, 6) is -1.12. The van der Waals surface area contributed by atoms with Gasteiger partial charge in [0.1, 0.15) is 5.70 Å². The summed E-state index contributed by atoms with van der Waals surface area (Å²) in [6.07, 6.45) is 0.720. The van der Waals surface area contributed by atoms with Crippen LogP contribution in [0.15, 0.2) is 22.9 Å². The van der Waals surface area contributed by atoms with E-state index in [0.29, 0.717) is 31.6 Å². The highest BCUT2D eigenvalue weighted by atomic mass is 32.2. The summed E-state index contributed by atoms with van der Waals surface area (Å²) >= 11 is 1.52. The van der Waals surface area contributed by atoms with Crippen LogP contribution in [-0.4, -0.2) is 64.5 Å². The lowest BCUT2D eigenvalue weighted by Crippen LogP contribution is -2.49. The fourth-order valence-corrected chi connectivity index (χ4v) is 4.58. The minimum atomic E-state index is -0.983. The molecule has 25 heavy (non-hydrogen) atoms. The minimum Gasteiger partial charge on any atom is -0.477 e. The Labute approximate surface area is 152 Å². The molecule has 140 valence electrons. The summed E-state index contributed by atoms with van der Waals surface area (Å²) in [7, 11) is 1.61. The van der Waals surface area contributed by atoms with E-state index in [2.05, 4.69) is 17.2 Å². The van der Waals surface area contributed by atoms with Crippen molar-refractivity contribution in [2.75, 3.05) is 20.1 Å². The third-order valence-electron chi connectivity index (χ3n) is 4.76. The second-order valence-corrected chi connectivity index (χ2v) is 7.83. The average molecular weight is 369 g/mol. The molecule has 2 aliphatic rings. The fourth-order valence-electron chi connectivity index (χ4n) is 3.23. The van der Waals surface area contributed by atoms with Crippen LogP contribution in [0, 0.1) is 5.92 Å². The van der Waals surface area contributed by atoms with Crippen molar-refractivity contribution < 1.29 is 19.8 Å².